The summed E-state index contributed by atoms with van der Waals surface area (Å²) in [5.74, 6) is 0.326. The number of carbonyl (C=O) groups is 1. The molecule has 0 aromatic carbocycles. The third kappa shape index (κ3) is 2.20. The lowest BCUT2D eigenvalue weighted by Crippen LogP contribution is -2.45. The molecule has 0 heterocycles. The quantitative estimate of drug-likeness (QED) is 0.788. The SMILES string of the molecule is CC(C)NS(=O)(=O)C[C@]1(C)[C@H]2CC[C@@]1(C)C(=O)[C@@H]2Br. The average molecular weight is 352 g/mol. The number of sulfonamides is 1. The first-order valence-corrected chi connectivity index (χ1v) is 9.29. The van der Waals surface area contributed by atoms with Gasteiger partial charge in [-0.25, -0.2) is 13.1 Å². The van der Waals surface area contributed by atoms with Crippen molar-refractivity contribution in [2.45, 2.75) is 51.4 Å². The average Bonchev–Trinajstić information content (AvgIpc) is 2.52. The largest absolute Gasteiger partial charge is 0.298 e. The highest BCUT2D eigenvalue weighted by Crippen LogP contribution is 2.65. The molecule has 0 unspecified atom stereocenters. The van der Waals surface area contributed by atoms with E-state index in [1.165, 1.54) is 0 Å². The van der Waals surface area contributed by atoms with Crippen molar-refractivity contribution >= 4 is 31.7 Å². The Morgan fingerprint density at radius 1 is 1.42 bits per heavy atom. The molecule has 0 aliphatic heterocycles. The number of carbonyl (C=O) groups excluding carboxylic acids is 1. The molecule has 0 amide bonds. The normalized spacial score (nSPS) is 42.3. The monoisotopic (exact) mass is 351 g/mol. The molecule has 2 fully saturated rings. The molecule has 2 rings (SSSR count). The summed E-state index contributed by atoms with van der Waals surface area (Å²) in [6, 6.07) is -0.115. The molecule has 19 heavy (non-hydrogen) atoms. The van der Waals surface area contributed by atoms with Crippen molar-refractivity contribution in [2.24, 2.45) is 16.7 Å². The van der Waals surface area contributed by atoms with E-state index in [0.717, 1.165) is 12.8 Å². The summed E-state index contributed by atoms with van der Waals surface area (Å²) in [6.45, 7) is 7.51. The maximum absolute atomic E-state index is 12.4. The fraction of sp³-hybridized carbons (Fsp3) is 0.923. The van der Waals surface area contributed by atoms with E-state index >= 15 is 0 Å². The summed E-state index contributed by atoms with van der Waals surface area (Å²) < 4.78 is 27.1. The van der Waals surface area contributed by atoms with Crippen molar-refractivity contribution in [2.75, 3.05) is 5.75 Å². The van der Waals surface area contributed by atoms with Crippen molar-refractivity contribution in [1.29, 1.82) is 0 Å². The van der Waals surface area contributed by atoms with Gasteiger partial charge in [0.1, 0.15) is 0 Å². The summed E-state index contributed by atoms with van der Waals surface area (Å²) in [4.78, 5) is 12.2. The summed E-state index contributed by atoms with van der Waals surface area (Å²) in [6.07, 6.45) is 1.72. The first-order chi connectivity index (χ1) is 8.53. The smallest absolute Gasteiger partial charge is 0.212 e. The molecule has 2 saturated carbocycles. The lowest BCUT2D eigenvalue weighted by Gasteiger charge is -2.36. The number of halogens is 1. The van der Waals surface area contributed by atoms with Crippen LogP contribution < -0.4 is 4.72 Å². The maximum Gasteiger partial charge on any atom is 0.212 e. The van der Waals surface area contributed by atoms with Crippen LogP contribution in [0.2, 0.25) is 0 Å². The maximum atomic E-state index is 12.4. The van der Waals surface area contributed by atoms with Gasteiger partial charge < -0.3 is 0 Å². The number of rotatable bonds is 4. The Morgan fingerprint density at radius 2 is 2.00 bits per heavy atom. The summed E-state index contributed by atoms with van der Waals surface area (Å²) in [5.41, 5.74) is -0.990. The molecule has 4 nitrogen and oxygen atoms in total. The van der Waals surface area contributed by atoms with E-state index in [0.29, 0.717) is 0 Å². The molecular formula is C13H22BrNO3S. The number of ketones is 1. The zero-order chi connectivity index (χ0) is 14.6. The molecule has 0 radical (unpaired) electrons. The number of nitrogens with one attached hydrogen (secondary N) is 1. The molecule has 0 saturated heterocycles. The summed E-state index contributed by atoms with van der Waals surface area (Å²) in [5, 5.41) is 0. The standard InChI is InChI=1S/C13H22BrNO3S/c1-8(2)15-19(17,18)7-13(4)9-5-6-12(13,3)11(16)10(9)14/h8-10,15H,5-7H2,1-4H3/t9-,10+,12-,13+/m0/s1. The van der Waals surface area contributed by atoms with Gasteiger partial charge >= 0.3 is 0 Å². The van der Waals surface area contributed by atoms with Crippen molar-refractivity contribution in [3.05, 3.63) is 0 Å². The van der Waals surface area contributed by atoms with E-state index < -0.39 is 20.9 Å². The Hall–Kier alpha value is 0.0600. The van der Waals surface area contributed by atoms with Gasteiger partial charge in [0.2, 0.25) is 10.0 Å². The van der Waals surface area contributed by atoms with Gasteiger partial charge in [0.25, 0.3) is 0 Å². The molecule has 1 N–H and O–H groups in total. The van der Waals surface area contributed by atoms with E-state index in [1.54, 1.807) is 0 Å². The first kappa shape index (κ1) is 15.4. The number of Topliss-reactive ketones (excluding diaryl/α,β-unsaturated/α-hetero) is 1. The van der Waals surface area contributed by atoms with Gasteiger partial charge in [0.15, 0.2) is 5.78 Å². The molecule has 0 spiro atoms. The Bertz CT molecular complexity index is 504. The predicted molar refractivity (Wildman–Crippen MR) is 78.7 cm³/mol. The highest BCUT2D eigenvalue weighted by molar-refractivity contribution is 9.10. The molecular weight excluding hydrogens is 330 g/mol. The fourth-order valence-corrected chi connectivity index (χ4v) is 7.36. The number of hydrogen-bond donors (Lipinski definition) is 1. The minimum absolute atomic E-state index is 0.0349. The molecule has 2 aliphatic carbocycles. The van der Waals surface area contributed by atoms with Crippen LogP contribution in [0.15, 0.2) is 0 Å². The molecule has 110 valence electrons. The van der Waals surface area contributed by atoms with Gasteiger partial charge in [-0.2, -0.15) is 0 Å². The van der Waals surface area contributed by atoms with Crippen LogP contribution in [0, 0.1) is 16.7 Å². The van der Waals surface area contributed by atoms with E-state index in [-0.39, 0.29) is 28.3 Å². The van der Waals surface area contributed by atoms with Gasteiger partial charge in [-0.05, 0) is 38.0 Å². The van der Waals surface area contributed by atoms with Crippen LogP contribution in [-0.4, -0.2) is 30.8 Å². The minimum atomic E-state index is -3.36. The van der Waals surface area contributed by atoms with Crippen molar-refractivity contribution in [3.8, 4) is 0 Å². The van der Waals surface area contributed by atoms with Gasteiger partial charge in [-0.15, -0.1) is 0 Å². The van der Waals surface area contributed by atoms with Crippen LogP contribution in [0.1, 0.15) is 40.5 Å². The third-order valence-corrected chi connectivity index (χ3v) is 7.95. The topological polar surface area (TPSA) is 63.2 Å². The third-order valence-electron chi connectivity index (χ3n) is 5.09. The Balaban J connectivity index is 2.32. The Kier molecular flexibility index (Phi) is 3.68. The van der Waals surface area contributed by atoms with E-state index in [4.69, 9.17) is 0 Å². The van der Waals surface area contributed by atoms with Crippen LogP contribution in [0.4, 0.5) is 0 Å². The van der Waals surface area contributed by atoms with Gasteiger partial charge in [-0.1, -0.05) is 29.8 Å². The molecule has 6 heteroatoms. The highest BCUT2D eigenvalue weighted by atomic mass is 79.9. The molecule has 0 aromatic rings. The fourth-order valence-electron chi connectivity index (χ4n) is 3.88. The van der Waals surface area contributed by atoms with E-state index in [9.17, 15) is 13.2 Å². The predicted octanol–water partition coefficient (Wildman–Crippen LogP) is 2.08. The number of hydrogen-bond acceptors (Lipinski definition) is 3. The van der Waals surface area contributed by atoms with E-state index in [1.807, 2.05) is 27.7 Å². The molecule has 4 atom stereocenters. The molecule has 2 bridgehead atoms. The van der Waals surface area contributed by atoms with Crippen LogP contribution in [0.5, 0.6) is 0 Å². The minimum Gasteiger partial charge on any atom is -0.298 e. The van der Waals surface area contributed by atoms with Crippen molar-refractivity contribution in [3.63, 3.8) is 0 Å². The van der Waals surface area contributed by atoms with Crippen molar-refractivity contribution in [1.82, 2.24) is 4.72 Å². The van der Waals surface area contributed by atoms with Crippen molar-refractivity contribution < 1.29 is 13.2 Å². The summed E-state index contributed by atoms with van der Waals surface area (Å²) in [7, 11) is -3.36. The van der Waals surface area contributed by atoms with Crippen LogP contribution in [0.25, 0.3) is 0 Å². The van der Waals surface area contributed by atoms with Gasteiger partial charge in [0.05, 0.1) is 10.6 Å². The second-order valence-corrected chi connectivity index (χ2v) is 9.43. The van der Waals surface area contributed by atoms with Crippen LogP contribution >= 0.6 is 15.9 Å². The summed E-state index contributed by atoms with van der Waals surface area (Å²) >= 11 is 3.47. The highest BCUT2D eigenvalue weighted by Gasteiger charge is 2.68. The molecule has 2 aliphatic rings. The van der Waals surface area contributed by atoms with E-state index in [2.05, 4.69) is 20.7 Å². The van der Waals surface area contributed by atoms with Crippen LogP contribution in [0.3, 0.4) is 0 Å². The lowest BCUT2D eigenvalue weighted by atomic mass is 9.70. The zero-order valence-corrected chi connectivity index (χ0v) is 14.3. The number of fused-ring (bicyclic) bond motifs is 2. The first-order valence-electron chi connectivity index (χ1n) is 6.72. The van der Waals surface area contributed by atoms with Crippen LogP contribution in [-0.2, 0) is 14.8 Å². The lowest BCUT2D eigenvalue weighted by molar-refractivity contribution is -0.127. The second-order valence-electron chi connectivity index (χ2n) is 6.69. The Labute approximate surface area is 123 Å². The second kappa shape index (κ2) is 4.53. The number of alkyl halides is 1. The van der Waals surface area contributed by atoms with Gasteiger partial charge in [0, 0.05) is 11.5 Å². The van der Waals surface area contributed by atoms with Gasteiger partial charge in [-0.3, -0.25) is 4.79 Å². The molecule has 0 aromatic heterocycles. The Morgan fingerprint density at radius 3 is 2.42 bits per heavy atom. The zero-order valence-electron chi connectivity index (χ0n) is 11.9.